The number of para-hydroxylation sites is 1. The molecule has 2 aromatic carbocycles. The van der Waals surface area contributed by atoms with Gasteiger partial charge in [0.25, 0.3) is 5.91 Å². The lowest BCUT2D eigenvalue weighted by Crippen LogP contribution is -2.44. The third-order valence-corrected chi connectivity index (χ3v) is 6.81. The number of carbonyl (C=O) groups excluding carboxylic acids is 3. The van der Waals surface area contributed by atoms with Gasteiger partial charge in [0.05, 0.1) is 5.41 Å². The molecule has 174 valence electrons. The van der Waals surface area contributed by atoms with Crippen LogP contribution in [0.3, 0.4) is 0 Å². The molecule has 7 heteroatoms. The monoisotopic (exact) mass is 452 g/mol. The molecule has 0 atom stereocenters. The van der Waals surface area contributed by atoms with Crippen molar-refractivity contribution in [3.8, 4) is 0 Å². The van der Waals surface area contributed by atoms with Crippen molar-refractivity contribution in [1.82, 2.24) is 4.90 Å². The first-order valence-corrected chi connectivity index (χ1v) is 11.5. The summed E-state index contributed by atoms with van der Waals surface area (Å²) in [5, 5.41) is 2.91. The molecule has 6 nitrogen and oxygen atoms in total. The molecule has 1 N–H and O–H groups in total. The standard InChI is InChI=1S/C26H29FN2O4/c27-21-8-6-7-20(17-21)26(13-4-5-14-26)25(32)33-18-23(30)29-15-11-19(12-16-29)24(31)28-22-9-2-1-3-10-22/h1-3,6-10,17,19H,4-5,11-16,18H2,(H,28,31). The van der Waals surface area contributed by atoms with Gasteiger partial charge in [0.15, 0.2) is 6.61 Å². The average molecular weight is 453 g/mol. The Morgan fingerprint density at radius 1 is 1.00 bits per heavy atom. The number of rotatable bonds is 6. The van der Waals surface area contributed by atoms with E-state index in [9.17, 15) is 18.8 Å². The lowest BCUT2D eigenvalue weighted by molar-refractivity contribution is -0.157. The second-order valence-corrected chi connectivity index (χ2v) is 8.89. The SMILES string of the molecule is O=C(Nc1ccccc1)C1CCN(C(=O)COC(=O)C2(c3cccc(F)c3)CCCC2)CC1. The topological polar surface area (TPSA) is 75.7 Å². The Labute approximate surface area is 193 Å². The maximum atomic E-state index is 13.8. The van der Waals surface area contributed by atoms with Gasteiger partial charge in [-0.25, -0.2) is 4.39 Å². The van der Waals surface area contributed by atoms with Crippen molar-refractivity contribution in [2.24, 2.45) is 5.92 Å². The Balaban J connectivity index is 1.28. The van der Waals surface area contributed by atoms with Crippen LogP contribution < -0.4 is 5.32 Å². The molecule has 0 aromatic heterocycles. The van der Waals surface area contributed by atoms with Gasteiger partial charge in [0.1, 0.15) is 5.82 Å². The van der Waals surface area contributed by atoms with E-state index < -0.39 is 11.4 Å². The number of anilines is 1. The molecule has 2 fully saturated rings. The van der Waals surface area contributed by atoms with E-state index in [1.54, 1.807) is 17.0 Å². The fraction of sp³-hybridized carbons (Fsp3) is 0.423. The van der Waals surface area contributed by atoms with E-state index in [0.29, 0.717) is 44.3 Å². The number of amides is 2. The Morgan fingerprint density at radius 2 is 1.70 bits per heavy atom. The Bertz CT molecular complexity index is 996. The number of likely N-dealkylation sites (tertiary alicyclic amines) is 1. The minimum atomic E-state index is -0.884. The van der Waals surface area contributed by atoms with Crippen molar-refractivity contribution in [3.63, 3.8) is 0 Å². The van der Waals surface area contributed by atoms with Gasteiger partial charge >= 0.3 is 5.97 Å². The summed E-state index contributed by atoms with van der Waals surface area (Å²) < 4.78 is 19.2. The lowest BCUT2D eigenvalue weighted by Gasteiger charge is -2.32. The first kappa shape index (κ1) is 23.0. The van der Waals surface area contributed by atoms with E-state index in [2.05, 4.69) is 5.32 Å². The van der Waals surface area contributed by atoms with Crippen molar-refractivity contribution < 1.29 is 23.5 Å². The van der Waals surface area contributed by atoms with Gasteiger partial charge in [-0.1, -0.05) is 43.2 Å². The van der Waals surface area contributed by atoms with Gasteiger partial charge in [0, 0.05) is 24.7 Å². The molecule has 1 saturated heterocycles. The maximum absolute atomic E-state index is 13.8. The fourth-order valence-electron chi connectivity index (χ4n) is 4.89. The van der Waals surface area contributed by atoms with Crippen LogP contribution >= 0.6 is 0 Å². The summed E-state index contributed by atoms with van der Waals surface area (Å²) in [4.78, 5) is 39.8. The summed E-state index contributed by atoms with van der Waals surface area (Å²) in [6.45, 7) is 0.549. The van der Waals surface area contributed by atoms with Gasteiger partial charge in [0.2, 0.25) is 5.91 Å². The van der Waals surface area contributed by atoms with Gasteiger partial charge in [-0.15, -0.1) is 0 Å². The number of ether oxygens (including phenoxy) is 1. The zero-order valence-corrected chi connectivity index (χ0v) is 18.6. The van der Waals surface area contributed by atoms with Crippen LogP contribution in [0.5, 0.6) is 0 Å². The smallest absolute Gasteiger partial charge is 0.317 e. The van der Waals surface area contributed by atoms with Crippen molar-refractivity contribution in [1.29, 1.82) is 0 Å². The first-order chi connectivity index (χ1) is 16.0. The number of esters is 1. The molecular weight excluding hydrogens is 423 g/mol. The highest BCUT2D eigenvalue weighted by Gasteiger charge is 2.44. The predicted molar refractivity (Wildman–Crippen MR) is 122 cm³/mol. The van der Waals surface area contributed by atoms with Crippen LogP contribution in [0.15, 0.2) is 54.6 Å². The van der Waals surface area contributed by atoms with Gasteiger partial charge in [-0.3, -0.25) is 14.4 Å². The Morgan fingerprint density at radius 3 is 2.36 bits per heavy atom. The van der Waals surface area contributed by atoms with E-state index in [1.165, 1.54) is 12.1 Å². The molecule has 0 radical (unpaired) electrons. The molecule has 33 heavy (non-hydrogen) atoms. The van der Waals surface area contributed by atoms with Crippen LogP contribution in [-0.2, 0) is 24.5 Å². The fourth-order valence-corrected chi connectivity index (χ4v) is 4.89. The largest absolute Gasteiger partial charge is 0.455 e. The average Bonchev–Trinajstić information content (AvgIpc) is 3.34. The van der Waals surface area contributed by atoms with E-state index >= 15 is 0 Å². The summed E-state index contributed by atoms with van der Waals surface area (Å²) in [6.07, 6.45) is 4.02. The van der Waals surface area contributed by atoms with Gasteiger partial charge < -0.3 is 15.0 Å². The van der Waals surface area contributed by atoms with Crippen molar-refractivity contribution in [2.45, 2.75) is 43.9 Å². The molecule has 4 rings (SSSR count). The van der Waals surface area contributed by atoms with E-state index in [-0.39, 0.29) is 30.2 Å². The van der Waals surface area contributed by atoms with Crippen LogP contribution in [0.1, 0.15) is 44.1 Å². The van der Waals surface area contributed by atoms with Crippen LogP contribution in [0, 0.1) is 11.7 Å². The predicted octanol–water partition coefficient (Wildman–Crippen LogP) is 4.06. The number of carbonyl (C=O) groups is 3. The Kier molecular flexibility index (Phi) is 7.06. The quantitative estimate of drug-likeness (QED) is 0.671. The molecule has 2 amide bonds. The Hall–Kier alpha value is -3.22. The third-order valence-electron chi connectivity index (χ3n) is 6.81. The van der Waals surface area contributed by atoms with Crippen LogP contribution in [0.25, 0.3) is 0 Å². The van der Waals surface area contributed by atoms with E-state index in [4.69, 9.17) is 4.74 Å². The number of piperidine rings is 1. The summed E-state index contributed by atoms with van der Waals surface area (Å²) in [5.41, 5.74) is 0.486. The number of halogens is 1. The molecular formula is C26H29FN2O4. The van der Waals surface area contributed by atoms with Crippen molar-refractivity contribution in [2.75, 3.05) is 25.0 Å². The number of hydrogen-bond acceptors (Lipinski definition) is 4. The van der Waals surface area contributed by atoms with Gasteiger partial charge in [-0.2, -0.15) is 0 Å². The van der Waals surface area contributed by atoms with Crippen LogP contribution in [0.4, 0.5) is 10.1 Å². The molecule has 1 aliphatic carbocycles. The minimum absolute atomic E-state index is 0.0435. The first-order valence-electron chi connectivity index (χ1n) is 11.5. The highest BCUT2D eigenvalue weighted by molar-refractivity contribution is 5.93. The summed E-state index contributed by atoms with van der Waals surface area (Å²) in [6, 6.07) is 15.4. The van der Waals surface area contributed by atoms with E-state index in [0.717, 1.165) is 18.5 Å². The molecule has 0 spiro atoms. The molecule has 1 saturated carbocycles. The van der Waals surface area contributed by atoms with Crippen molar-refractivity contribution in [3.05, 3.63) is 66.0 Å². The molecule has 2 aromatic rings. The zero-order chi connectivity index (χ0) is 23.3. The lowest BCUT2D eigenvalue weighted by atomic mass is 9.79. The molecule has 0 unspecified atom stereocenters. The summed E-state index contributed by atoms with van der Waals surface area (Å²) >= 11 is 0. The highest BCUT2D eigenvalue weighted by atomic mass is 19.1. The third kappa shape index (κ3) is 5.24. The van der Waals surface area contributed by atoms with Crippen molar-refractivity contribution >= 4 is 23.5 Å². The van der Waals surface area contributed by atoms with Crippen LogP contribution in [0.2, 0.25) is 0 Å². The number of nitrogens with zero attached hydrogens (tertiary/aromatic N) is 1. The molecule has 1 aliphatic heterocycles. The van der Waals surface area contributed by atoms with Gasteiger partial charge in [-0.05, 0) is 55.5 Å². The normalized spacial score (nSPS) is 18.0. The van der Waals surface area contributed by atoms with Crippen LogP contribution in [-0.4, -0.2) is 42.4 Å². The molecule has 0 bridgehead atoms. The number of hydrogen-bond donors (Lipinski definition) is 1. The summed E-state index contributed by atoms with van der Waals surface area (Å²) in [7, 11) is 0. The van der Waals surface area contributed by atoms with E-state index in [1.807, 2.05) is 30.3 Å². The maximum Gasteiger partial charge on any atom is 0.317 e. The highest BCUT2D eigenvalue weighted by Crippen LogP contribution is 2.42. The zero-order valence-electron chi connectivity index (χ0n) is 18.6. The summed E-state index contributed by atoms with van der Waals surface area (Å²) in [5.74, 6) is -1.32. The molecule has 1 heterocycles. The second-order valence-electron chi connectivity index (χ2n) is 8.89. The number of benzene rings is 2. The number of nitrogens with one attached hydrogen (secondary N) is 1. The molecule has 2 aliphatic rings. The minimum Gasteiger partial charge on any atom is -0.455 e. The second kappa shape index (κ2) is 10.1.